The van der Waals surface area contributed by atoms with Gasteiger partial charge >= 0.3 is 11.9 Å². The van der Waals surface area contributed by atoms with Gasteiger partial charge < -0.3 is 14.8 Å². The number of esters is 2. The lowest BCUT2D eigenvalue weighted by Gasteiger charge is -2.17. The summed E-state index contributed by atoms with van der Waals surface area (Å²) in [4.78, 5) is 38.7. The van der Waals surface area contributed by atoms with Crippen LogP contribution >= 0.6 is 11.3 Å². The van der Waals surface area contributed by atoms with Crippen LogP contribution in [0.2, 0.25) is 0 Å². The first kappa shape index (κ1) is 23.2. The van der Waals surface area contributed by atoms with E-state index in [4.69, 9.17) is 9.47 Å². The summed E-state index contributed by atoms with van der Waals surface area (Å²) < 4.78 is 10.5. The molecular weight excluding hydrogens is 426 g/mol. The number of carbonyl (C=O) groups is 3. The topological polar surface area (TPSA) is 81.7 Å². The van der Waals surface area contributed by atoms with E-state index in [1.807, 2.05) is 67.6 Å². The molecule has 3 aromatic rings. The van der Waals surface area contributed by atoms with E-state index in [1.54, 1.807) is 13.8 Å². The van der Waals surface area contributed by atoms with Crippen molar-refractivity contribution >= 4 is 34.2 Å². The number of nitrogens with one attached hydrogen (secondary N) is 1. The molecule has 0 aliphatic rings. The lowest BCUT2D eigenvalue weighted by Crippen LogP contribution is -2.25. The maximum atomic E-state index is 12.9. The number of hydrogen-bond donors (Lipinski definition) is 1. The average molecular weight is 452 g/mol. The number of carbonyl (C=O) groups excluding carboxylic acids is 3. The molecule has 1 N–H and O–H groups in total. The van der Waals surface area contributed by atoms with Gasteiger partial charge in [0.15, 0.2) is 6.61 Å². The number of benzene rings is 2. The Balaban J connectivity index is 1.72. The maximum absolute atomic E-state index is 12.9. The number of aryl methyl sites for hydroxylation is 1. The molecule has 0 bridgehead atoms. The summed E-state index contributed by atoms with van der Waals surface area (Å²) in [6, 6.07) is 18.5. The Bertz CT molecular complexity index is 1050. The van der Waals surface area contributed by atoms with Crippen molar-refractivity contribution in [3.63, 3.8) is 0 Å². The molecule has 0 saturated heterocycles. The van der Waals surface area contributed by atoms with Gasteiger partial charge in [0.2, 0.25) is 0 Å². The van der Waals surface area contributed by atoms with Gasteiger partial charge in [-0.25, -0.2) is 4.79 Å². The summed E-state index contributed by atoms with van der Waals surface area (Å²) in [6.45, 7) is 5.16. The van der Waals surface area contributed by atoms with Crippen LogP contribution in [0, 0.1) is 13.8 Å². The average Bonchev–Trinajstić information content (AvgIpc) is 3.07. The van der Waals surface area contributed by atoms with Crippen LogP contribution in [0.3, 0.4) is 0 Å². The first-order valence-electron chi connectivity index (χ1n) is 10.3. The van der Waals surface area contributed by atoms with Gasteiger partial charge in [-0.1, -0.05) is 60.7 Å². The van der Waals surface area contributed by atoms with Crippen molar-refractivity contribution in [2.24, 2.45) is 0 Å². The van der Waals surface area contributed by atoms with Crippen LogP contribution in [0.15, 0.2) is 60.7 Å². The van der Waals surface area contributed by atoms with Crippen LogP contribution in [-0.4, -0.2) is 31.1 Å². The van der Waals surface area contributed by atoms with Gasteiger partial charge in [-0.15, -0.1) is 11.3 Å². The summed E-state index contributed by atoms with van der Waals surface area (Å²) in [6.07, 6.45) is 0. The molecule has 166 valence electrons. The van der Waals surface area contributed by atoms with E-state index < -0.39 is 30.4 Å². The number of hydrogen-bond acceptors (Lipinski definition) is 6. The molecule has 0 unspecified atom stereocenters. The third-order valence-corrected chi connectivity index (χ3v) is 6.09. The first-order chi connectivity index (χ1) is 15.4. The minimum absolute atomic E-state index is 0.235. The molecule has 0 fully saturated rings. The zero-order valence-electron chi connectivity index (χ0n) is 18.2. The van der Waals surface area contributed by atoms with Crippen molar-refractivity contribution in [3.8, 4) is 0 Å². The molecule has 1 heterocycles. The van der Waals surface area contributed by atoms with Crippen molar-refractivity contribution in [1.29, 1.82) is 0 Å². The van der Waals surface area contributed by atoms with Gasteiger partial charge in [-0.05, 0) is 37.5 Å². The monoisotopic (exact) mass is 451 g/mol. The summed E-state index contributed by atoms with van der Waals surface area (Å²) in [5, 5.41) is 3.08. The summed E-state index contributed by atoms with van der Waals surface area (Å²) in [7, 11) is 0. The van der Waals surface area contributed by atoms with Crippen LogP contribution in [0.25, 0.3) is 0 Å². The van der Waals surface area contributed by atoms with Gasteiger partial charge in [0.1, 0.15) is 10.9 Å². The molecule has 3 rings (SSSR count). The van der Waals surface area contributed by atoms with Gasteiger partial charge in [0.25, 0.3) is 5.91 Å². The van der Waals surface area contributed by atoms with E-state index in [9.17, 15) is 14.4 Å². The van der Waals surface area contributed by atoms with Crippen molar-refractivity contribution < 1.29 is 23.9 Å². The Morgan fingerprint density at radius 3 is 2.00 bits per heavy atom. The molecule has 0 saturated carbocycles. The molecule has 1 amide bonds. The van der Waals surface area contributed by atoms with Gasteiger partial charge in [-0.2, -0.15) is 0 Å². The van der Waals surface area contributed by atoms with E-state index in [2.05, 4.69) is 5.32 Å². The molecule has 1 aromatic heterocycles. The van der Waals surface area contributed by atoms with Crippen molar-refractivity contribution in [3.05, 3.63) is 87.8 Å². The van der Waals surface area contributed by atoms with E-state index in [1.165, 1.54) is 11.3 Å². The molecule has 7 heteroatoms. The molecule has 0 aliphatic heterocycles. The Kier molecular flexibility index (Phi) is 7.78. The summed E-state index contributed by atoms with van der Waals surface area (Å²) in [5.41, 5.74) is 2.64. The fourth-order valence-corrected chi connectivity index (χ4v) is 4.37. The number of rotatable bonds is 8. The second-order valence-corrected chi connectivity index (χ2v) is 8.34. The Morgan fingerprint density at radius 1 is 0.906 bits per heavy atom. The van der Waals surface area contributed by atoms with Crippen molar-refractivity contribution in [2.75, 3.05) is 18.5 Å². The van der Waals surface area contributed by atoms with Gasteiger partial charge in [0.05, 0.1) is 12.2 Å². The Hall–Kier alpha value is -3.45. The zero-order valence-corrected chi connectivity index (χ0v) is 19.0. The zero-order chi connectivity index (χ0) is 23.1. The van der Waals surface area contributed by atoms with E-state index in [0.717, 1.165) is 21.6 Å². The highest BCUT2D eigenvalue weighted by Crippen LogP contribution is 2.33. The molecule has 0 aliphatic carbocycles. The number of thiophene rings is 1. The van der Waals surface area contributed by atoms with Crippen LogP contribution < -0.4 is 5.32 Å². The van der Waals surface area contributed by atoms with Crippen LogP contribution in [0.1, 0.15) is 44.8 Å². The molecule has 0 spiro atoms. The van der Waals surface area contributed by atoms with Gasteiger partial charge in [0, 0.05) is 4.88 Å². The third kappa shape index (κ3) is 5.42. The van der Waals surface area contributed by atoms with Crippen molar-refractivity contribution in [2.45, 2.75) is 26.7 Å². The van der Waals surface area contributed by atoms with E-state index >= 15 is 0 Å². The highest BCUT2D eigenvalue weighted by molar-refractivity contribution is 7.16. The predicted octanol–water partition coefficient (Wildman–Crippen LogP) is 4.86. The quantitative estimate of drug-likeness (QED) is 0.495. The number of amides is 1. The van der Waals surface area contributed by atoms with E-state index in [0.29, 0.717) is 10.6 Å². The fourth-order valence-electron chi connectivity index (χ4n) is 3.30. The van der Waals surface area contributed by atoms with E-state index in [-0.39, 0.29) is 6.61 Å². The minimum atomic E-state index is -0.647. The molecule has 0 atom stereocenters. The molecular formula is C25H25NO5S. The lowest BCUT2D eigenvalue weighted by atomic mass is 9.91. The third-order valence-electron chi connectivity index (χ3n) is 4.96. The second kappa shape index (κ2) is 10.7. The van der Waals surface area contributed by atoms with Crippen molar-refractivity contribution in [1.82, 2.24) is 0 Å². The number of anilines is 1. The molecule has 32 heavy (non-hydrogen) atoms. The minimum Gasteiger partial charge on any atom is -0.462 e. The summed E-state index contributed by atoms with van der Waals surface area (Å²) >= 11 is 1.28. The SMILES string of the molecule is CCOC(=O)c1c(NC(=O)COC(=O)C(c2ccccc2)c2ccccc2)sc(C)c1C. The lowest BCUT2D eigenvalue weighted by molar-refractivity contribution is -0.147. The van der Waals surface area contributed by atoms with Crippen LogP contribution in [-0.2, 0) is 19.1 Å². The molecule has 2 aromatic carbocycles. The fraction of sp³-hybridized carbons (Fsp3) is 0.240. The Labute approximate surface area is 191 Å². The normalized spacial score (nSPS) is 10.6. The predicted molar refractivity (Wildman–Crippen MR) is 124 cm³/mol. The van der Waals surface area contributed by atoms with Crippen LogP contribution in [0.5, 0.6) is 0 Å². The largest absolute Gasteiger partial charge is 0.462 e. The molecule has 6 nitrogen and oxygen atoms in total. The molecule has 0 radical (unpaired) electrons. The highest BCUT2D eigenvalue weighted by Gasteiger charge is 2.26. The first-order valence-corrected chi connectivity index (χ1v) is 11.1. The standard InChI is InChI=1S/C25H25NO5S/c1-4-30-24(28)21-16(2)17(3)32-23(21)26-20(27)15-31-25(29)22(18-11-7-5-8-12-18)19-13-9-6-10-14-19/h5-14,22H,4,15H2,1-3H3,(H,26,27). The Morgan fingerprint density at radius 2 is 1.47 bits per heavy atom. The number of ether oxygens (including phenoxy) is 2. The smallest absolute Gasteiger partial charge is 0.341 e. The summed E-state index contributed by atoms with van der Waals surface area (Å²) in [5.74, 6) is -2.19. The van der Waals surface area contributed by atoms with Gasteiger partial charge in [-0.3, -0.25) is 9.59 Å². The second-order valence-electron chi connectivity index (χ2n) is 7.12. The van der Waals surface area contributed by atoms with Crippen LogP contribution in [0.4, 0.5) is 5.00 Å². The maximum Gasteiger partial charge on any atom is 0.341 e. The highest BCUT2D eigenvalue weighted by atomic mass is 32.1.